The van der Waals surface area contributed by atoms with Crippen LogP contribution in [0.3, 0.4) is 0 Å². The highest BCUT2D eigenvalue weighted by molar-refractivity contribution is 5.99. The molecule has 0 aliphatic heterocycles. The number of aryl methyl sites for hydroxylation is 4. The van der Waals surface area contributed by atoms with Gasteiger partial charge in [0.15, 0.2) is 5.78 Å². The van der Waals surface area contributed by atoms with E-state index in [0.717, 1.165) is 33.4 Å². The molecule has 0 unspecified atom stereocenters. The largest absolute Gasteiger partial charge is 0.329 e. The molecule has 8 nitrogen and oxygen atoms in total. The molecule has 0 N–H and O–H groups in total. The Bertz CT molecular complexity index is 1720. The molecule has 0 amide bonds. The molecule has 0 fully saturated rings. The summed E-state index contributed by atoms with van der Waals surface area (Å²) in [5.41, 5.74) is 4.63. The van der Waals surface area contributed by atoms with Gasteiger partial charge in [-0.3, -0.25) is 23.3 Å². The van der Waals surface area contributed by atoms with Crippen molar-refractivity contribution >= 4 is 27.9 Å². The van der Waals surface area contributed by atoms with E-state index < -0.39 is 0 Å². The number of para-hydroxylation sites is 1. The van der Waals surface area contributed by atoms with Crippen LogP contribution in [0.1, 0.15) is 35.5 Å². The Hall–Kier alpha value is -4.20. The molecule has 2 aromatic carbocycles. The first kappa shape index (κ1) is 22.6. The average Bonchev–Trinajstić information content (AvgIpc) is 3.34. The van der Waals surface area contributed by atoms with E-state index in [1.165, 1.54) is 4.57 Å². The van der Waals surface area contributed by atoms with Crippen molar-refractivity contribution in [3.63, 3.8) is 0 Å². The Labute approximate surface area is 201 Å². The Morgan fingerprint density at radius 1 is 0.857 bits per heavy atom. The second kappa shape index (κ2) is 8.54. The summed E-state index contributed by atoms with van der Waals surface area (Å²) in [7, 11) is 0. The monoisotopic (exact) mass is 469 g/mol. The quantitative estimate of drug-likeness (QED) is 0.354. The molecule has 0 saturated carbocycles. The Kier molecular flexibility index (Phi) is 5.51. The van der Waals surface area contributed by atoms with Gasteiger partial charge in [-0.25, -0.2) is 9.48 Å². The lowest BCUT2D eigenvalue weighted by Gasteiger charge is -2.12. The molecule has 0 radical (unpaired) electrons. The number of fused-ring (bicyclic) bond motifs is 2. The molecule has 0 aliphatic rings. The van der Waals surface area contributed by atoms with Crippen LogP contribution in [-0.2, 0) is 19.6 Å². The van der Waals surface area contributed by atoms with Gasteiger partial charge in [-0.15, -0.1) is 0 Å². The third kappa shape index (κ3) is 3.53. The van der Waals surface area contributed by atoms with Crippen molar-refractivity contribution in [1.29, 1.82) is 0 Å². The van der Waals surface area contributed by atoms with Crippen LogP contribution in [0.4, 0.5) is 0 Å². The number of benzene rings is 2. The molecule has 5 rings (SSSR count). The molecule has 3 aromatic heterocycles. The number of ketones is 1. The number of hydrogen-bond donors (Lipinski definition) is 0. The minimum atomic E-state index is -0.260. The summed E-state index contributed by atoms with van der Waals surface area (Å²) in [6.45, 7) is 8.54. The number of hydrogen-bond acceptors (Lipinski definition) is 4. The summed E-state index contributed by atoms with van der Waals surface area (Å²) in [4.78, 5) is 39.3. The van der Waals surface area contributed by atoms with Crippen LogP contribution in [0.25, 0.3) is 27.8 Å². The van der Waals surface area contributed by atoms with Gasteiger partial charge in [0, 0.05) is 30.1 Å². The number of pyridine rings is 1. The van der Waals surface area contributed by atoms with Crippen molar-refractivity contribution in [2.45, 2.75) is 47.3 Å². The smallest absolute Gasteiger partial charge is 0.292 e. The maximum Gasteiger partial charge on any atom is 0.329 e. The van der Waals surface area contributed by atoms with Crippen molar-refractivity contribution in [2.24, 2.45) is 0 Å². The maximum atomic E-state index is 13.5. The van der Waals surface area contributed by atoms with Gasteiger partial charge in [-0.1, -0.05) is 18.2 Å². The van der Waals surface area contributed by atoms with Gasteiger partial charge in [0.1, 0.15) is 5.65 Å². The van der Waals surface area contributed by atoms with Crippen LogP contribution in [-0.4, -0.2) is 29.3 Å². The molecule has 8 heteroatoms. The summed E-state index contributed by atoms with van der Waals surface area (Å²) in [5.74, 6) is -0.211. The zero-order valence-corrected chi connectivity index (χ0v) is 20.3. The second-order valence-corrected chi connectivity index (χ2v) is 8.68. The van der Waals surface area contributed by atoms with Crippen LogP contribution in [0.15, 0.2) is 64.2 Å². The molecule has 0 bridgehead atoms. The summed E-state index contributed by atoms with van der Waals surface area (Å²) >= 11 is 0. The minimum Gasteiger partial charge on any atom is -0.292 e. The van der Waals surface area contributed by atoms with Gasteiger partial charge < -0.3 is 0 Å². The number of nitrogens with zero attached hydrogens (tertiary/aromatic N) is 5. The van der Waals surface area contributed by atoms with Crippen LogP contribution < -0.4 is 11.2 Å². The normalized spacial score (nSPS) is 11.5. The molecule has 0 spiro atoms. The van der Waals surface area contributed by atoms with E-state index in [4.69, 9.17) is 5.10 Å². The zero-order valence-electron chi connectivity index (χ0n) is 20.3. The van der Waals surface area contributed by atoms with E-state index in [0.29, 0.717) is 24.3 Å². The molecule has 0 aliphatic carbocycles. The van der Waals surface area contributed by atoms with Gasteiger partial charge in [0.2, 0.25) is 0 Å². The SMILES string of the molecule is CCn1c(=O)n(CC)c2cc(C(=O)Cn3c(=O)cc(C)c4c(C)nn(-c5ccccc5)c43)ccc21. The number of rotatable bonds is 6. The van der Waals surface area contributed by atoms with Crippen LogP contribution in [0.2, 0.25) is 0 Å². The highest BCUT2D eigenvalue weighted by Crippen LogP contribution is 2.24. The molecule has 5 aromatic rings. The minimum absolute atomic E-state index is 0.0895. The number of Topliss-reactive ketones (excluding diaryl/α,β-unsaturated/α-hetero) is 1. The lowest BCUT2D eigenvalue weighted by molar-refractivity contribution is 0.0972. The Morgan fingerprint density at radius 2 is 1.54 bits per heavy atom. The Morgan fingerprint density at radius 3 is 2.23 bits per heavy atom. The van der Waals surface area contributed by atoms with E-state index in [9.17, 15) is 14.4 Å². The van der Waals surface area contributed by atoms with E-state index >= 15 is 0 Å². The zero-order chi connectivity index (χ0) is 24.9. The van der Waals surface area contributed by atoms with E-state index in [2.05, 4.69) is 0 Å². The lowest BCUT2D eigenvalue weighted by Crippen LogP contribution is -2.26. The average molecular weight is 470 g/mol. The molecular weight excluding hydrogens is 442 g/mol. The van der Waals surface area contributed by atoms with E-state index in [1.807, 2.05) is 64.1 Å². The number of aromatic nitrogens is 5. The first-order chi connectivity index (χ1) is 16.8. The van der Waals surface area contributed by atoms with Crippen molar-refractivity contribution in [3.05, 3.63) is 92.3 Å². The van der Waals surface area contributed by atoms with Gasteiger partial charge in [0.25, 0.3) is 5.56 Å². The molecule has 0 saturated heterocycles. The Balaban J connectivity index is 1.66. The van der Waals surface area contributed by atoms with Crippen LogP contribution in [0.5, 0.6) is 0 Å². The van der Waals surface area contributed by atoms with Gasteiger partial charge >= 0.3 is 5.69 Å². The van der Waals surface area contributed by atoms with E-state index in [-0.39, 0.29) is 23.6 Å². The summed E-state index contributed by atoms with van der Waals surface area (Å²) in [5, 5.41) is 5.55. The predicted molar refractivity (Wildman–Crippen MR) is 137 cm³/mol. The summed E-state index contributed by atoms with van der Waals surface area (Å²) in [6.07, 6.45) is 0. The number of imidazole rings is 1. The highest BCUT2D eigenvalue weighted by Gasteiger charge is 2.20. The fourth-order valence-electron chi connectivity index (χ4n) is 4.91. The fraction of sp³-hybridized carbons (Fsp3) is 0.259. The van der Waals surface area contributed by atoms with Crippen molar-refractivity contribution in [2.75, 3.05) is 0 Å². The van der Waals surface area contributed by atoms with E-state index in [1.54, 1.807) is 32.0 Å². The molecule has 0 atom stereocenters. The lowest BCUT2D eigenvalue weighted by atomic mass is 10.1. The maximum absolute atomic E-state index is 13.5. The molecule has 35 heavy (non-hydrogen) atoms. The van der Waals surface area contributed by atoms with Gasteiger partial charge in [-0.05, 0) is 63.6 Å². The predicted octanol–water partition coefficient (Wildman–Crippen LogP) is 3.84. The molecule has 3 heterocycles. The van der Waals surface area contributed by atoms with Crippen LogP contribution >= 0.6 is 0 Å². The number of carbonyl (C=O) groups is 1. The van der Waals surface area contributed by atoms with Crippen molar-refractivity contribution in [3.8, 4) is 5.69 Å². The highest BCUT2D eigenvalue weighted by atomic mass is 16.2. The van der Waals surface area contributed by atoms with Gasteiger partial charge in [-0.2, -0.15) is 5.10 Å². The van der Waals surface area contributed by atoms with Gasteiger partial charge in [0.05, 0.1) is 29.0 Å². The topological polar surface area (TPSA) is 83.8 Å². The third-order valence-electron chi connectivity index (χ3n) is 6.57. The van der Waals surface area contributed by atoms with Crippen molar-refractivity contribution < 1.29 is 4.79 Å². The fourth-order valence-corrected chi connectivity index (χ4v) is 4.91. The first-order valence-corrected chi connectivity index (χ1v) is 11.8. The number of carbonyl (C=O) groups excluding carboxylic acids is 1. The second-order valence-electron chi connectivity index (χ2n) is 8.68. The molecule has 178 valence electrons. The third-order valence-corrected chi connectivity index (χ3v) is 6.57. The van der Waals surface area contributed by atoms with Crippen LogP contribution in [0, 0.1) is 13.8 Å². The standard InChI is InChI=1S/C27H27N5O3/c1-5-29-21-13-12-19(15-22(21)30(6-2)27(29)35)23(33)16-31-24(34)14-17(3)25-18(4)28-32(26(25)31)20-10-8-7-9-11-20/h7-15H,5-6,16H2,1-4H3. The summed E-state index contributed by atoms with van der Waals surface area (Å²) in [6, 6.07) is 16.4. The van der Waals surface area contributed by atoms with Crippen molar-refractivity contribution in [1.82, 2.24) is 23.5 Å². The first-order valence-electron chi connectivity index (χ1n) is 11.8. The summed E-state index contributed by atoms with van der Waals surface area (Å²) < 4.78 is 6.58. The molecular formula is C27H27N5O3.